The number of benzene rings is 1. The molecule has 1 saturated heterocycles. The summed E-state index contributed by atoms with van der Waals surface area (Å²) in [5.41, 5.74) is -0.644. The summed E-state index contributed by atoms with van der Waals surface area (Å²) in [5.74, 6) is -1.11. The number of amides is 2. The lowest BCUT2D eigenvalue weighted by atomic mass is 10.1. The molecule has 2 rings (SSSR count). The molecule has 1 aromatic carbocycles. The van der Waals surface area contributed by atoms with E-state index >= 15 is 0 Å². The summed E-state index contributed by atoms with van der Waals surface area (Å²) < 4.78 is 0. The van der Waals surface area contributed by atoms with Crippen LogP contribution in [0.2, 0.25) is 5.02 Å². The summed E-state index contributed by atoms with van der Waals surface area (Å²) >= 11 is 5.86. The molecule has 3 N–H and O–H groups in total. The Morgan fingerprint density at radius 1 is 1.38 bits per heavy atom. The van der Waals surface area contributed by atoms with Crippen LogP contribution in [0.25, 0.3) is 0 Å². The van der Waals surface area contributed by atoms with Gasteiger partial charge < -0.3 is 16.0 Å². The SMILES string of the molecule is Cl.O=C(CNC(=O)c1c(Cl)cccc1[N+](=O)[O-])NCC1CCCN1. The van der Waals surface area contributed by atoms with Crippen LogP contribution in [0.5, 0.6) is 0 Å². The fraction of sp³-hybridized carbons (Fsp3) is 0.429. The zero-order valence-corrected chi connectivity index (χ0v) is 14.3. The molecular formula is C14H18Cl2N4O4. The second-order valence-corrected chi connectivity index (χ2v) is 5.58. The summed E-state index contributed by atoms with van der Waals surface area (Å²) in [6.07, 6.45) is 2.08. The lowest BCUT2D eigenvalue weighted by molar-refractivity contribution is -0.385. The van der Waals surface area contributed by atoms with Crippen molar-refractivity contribution in [3.8, 4) is 0 Å². The van der Waals surface area contributed by atoms with E-state index in [0.29, 0.717) is 6.54 Å². The van der Waals surface area contributed by atoms with Gasteiger partial charge in [0.2, 0.25) is 5.91 Å². The van der Waals surface area contributed by atoms with Gasteiger partial charge in [-0.25, -0.2) is 0 Å². The minimum atomic E-state index is -0.753. The van der Waals surface area contributed by atoms with Crippen LogP contribution in [0.4, 0.5) is 5.69 Å². The second kappa shape index (κ2) is 9.41. The highest BCUT2D eigenvalue weighted by Gasteiger charge is 2.23. The van der Waals surface area contributed by atoms with Crippen molar-refractivity contribution >= 4 is 41.5 Å². The van der Waals surface area contributed by atoms with Crippen LogP contribution in [-0.4, -0.2) is 42.4 Å². The Balaban J connectivity index is 0.00000288. The zero-order valence-electron chi connectivity index (χ0n) is 12.7. The molecule has 8 nitrogen and oxygen atoms in total. The minimum absolute atomic E-state index is 0. The van der Waals surface area contributed by atoms with E-state index in [1.807, 2.05) is 0 Å². The van der Waals surface area contributed by atoms with Gasteiger partial charge in [-0.2, -0.15) is 0 Å². The first-order chi connectivity index (χ1) is 11.0. The third-order valence-corrected chi connectivity index (χ3v) is 3.85. The lowest BCUT2D eigenvalue weighted by Crippen LogP contribution is -2.42. The van der Waals surface area contributed by atoms with Crippen LogP contribution in [0.15, 0.2) is 18.2 Å². The van der Waals surface area contributed by atoms with Crippen molar-refractivity contribution in [2.75, 3.05) is 19.6 Å². The predicted octanol–water partition coefficient (Wildman–Crippen LogP) is 1.27. The van der Waals surface area contributed by atoms with Gasteiger partial charge in [0.15, 0.2) is 0 Å². The summed E-state index contributed by atoms with van der Waals surface area (Å²) in [6.45, 7) is 1.16. The van der Waals surface area contributed by atoms with Gasteiger partial charge in [0.05, 0.1) is 16.5 Å². The number of carbonyl (C=O) groups is 2. The molecule has 1 heterocycles. The first-order valence-corrected chi connectivity index (χ1v) is 7.58. The first kappa shape index (κ1) is 20.1. The number of nitrogens with zero attached hydrogens (tertiary/aromatic N) is 1. The molecule has 0 aromatic heterocycles. The normalized spacial score (nSPS) is 16.1. The molecule has 1 unspecified atom stereocenters. The van der Waals surface area contributed by atoms with E-state index in [0.717, 1.165) is 19.4 Å². The maximum absolute atomic E-state index is 12.1. The predicted molar refractivity (Wildman–Crippen MR) is 91.7 cm³/mol. The number of carbonyl (C=O) groups excluding carboxylic acids is 2. The van der Waals surface area contributed by atoms with Gasteiger partial charge in [-0.15, -0.1) is 12.4 Å². The van der Waals surface area contributed by atoms with Crippen LogP contribution in [0.1, 0.15) is 23.2 Å². The number of hydrogen-bond acceptors (Lipinski definition) is 5. The number of nitro groups is 1. The number of nitro benzene ring substituents is 1. The number of halogens is 2. The Bertz CT molecular complexity index is 621. The van der Waals surface area contributed by atoms with Gasteiger partial charge in [-0.05, 0) is 25.5 Å². The Kier molecular flexibility index (Phi) is 7.90. The molecule has 1 aliphatic rings. The van der Waals surface area contributed by atoms with Crippen LogP contribution >= 0.6 is 24.0 Å². The minimum Gasteiger partial charge on any atom is -0.353 e. The summed E-state index contributed by atoms with van der Waals surface area (Å²) in [5, 5.41) is 19.2. The van der Waals surface area contributed by atoms with Crippen LogP contribution in [0, 0.1) is 10.1 Å². The smallest absolute Gasteiger partial charge is 0.283 e. The molecule has 1 atom stereocenters. The quantitative estimate of drug-likeness (QED) is 0.510. The fourth-order valence-corrected chi connectivity index (χ4v) is 2.62. The van der Waals surface area contributed by atoms with Crippen molar-refractivity contribution < 1.29 is 14.5 Å². The van der Waals surface area contributed by atoms with Gasteiger partial charge in [0.25, 0.3) is 11.6 Å². The van der Waals surface area contributed by atoms with Crippen LogP contribution in [0.3, 0.4) is 0 Å². The van der Waals surface area contributed by atoms with Crippen molar-refractivity contribution in [3.05, 3.63) is 38.9 Å². The van der Waals surface area contributed by atoms with Crippen molar-refractivity contribution in [1.29, 1.82) is 0 Å². The largest absolute Gasteiger partial charge is 0.353 e. The number of hydrogen-bond donors (Lipinski definition) is 3. The number of nitrogens with one attached hydrogen (secondary N) is 3. The topological polar surface area (TPSA) is 113 Å². The zero-order chi connectivity index (χ0) is 16.8. The molecule has 132 valence electrons. The van der Waals surface area contributed by atoms with E-state index in [-0.39, 0.29) is 41.5 Å². The molecule has 0 saturated carbocycles. The molecule has 1 aliphatic heterocycles. The van der Waals surface area contributed by atoms with Gasteiger partial charge in [0, 0.05) is 18.7 Å². The highest BCUT2D eigenvalue weighted by molar-refractivity contribution is 6.34. The fourth-order valence-electron chi connectivity index (χ4n) is 2.37. The average Bonchev–Trinajstić information content (AvgIpc) is 3.03. The van der Waals surface area contributed by atoms with E-state index in [9.17, 15) is 19.7 Å². The average molecular weight is 377 g/mol. The first-order valence-electron chi connectivity index (χ1n) is 7.20. The van der Waals surface area contributed by atoms with Crippen molar-refractivity contribution in [2.24, 2.45) is 0 Å². The maximum atomic E-state index is 12.1. The van der Waals surface area contributed by atoms with Crippen molar-refractivity contribution in [2.45, 2.75) is 18.9 Å². The van der Waals surface area contributed by atoms with Crippen molar-refractivity contribution in [3.63, 3.8) is 0 Å². The third-order valence-electron chi connectivity index (χ3n) is 3.53. The third kappa shape index (κ3) is 5.33. The molecule has 1 aromatic rings. The molecule has 24 heavy (non-hydrogen) atoms. The molecule has 1 fully saturated rings. The Hall–Kier alpha value is -1.90. The van der Waals surface area contributed by atoms with E-state index in [1.165, 1.54) is 18.2 Å². The number of rotatable bonds is 6. The Morgan fingerprint density at radius 2 is 2.12 bits per heavy atom. The van der Waals surface area contributed by atoms with Crippen molar-refractivity contribution in [1.82, 2.24) is 16.0 Å². The second-order valence-electron chi connectivity index (χ2n) is 5.17. The summed E-state index contributed by atoms with van der Waals surface area (Å²) in [4.78, 5) is 34.0. The molecule has 0 radical (unpaired) electrons. The Morgan fingerprint density at radius 3 is 2.75 bits per heavy atom. The standard InChI is InChI=1S/C14H17ClN4O4.ClH/c15-10-4-1-5-11(19(22)23)13(10)14(21)18-8-12(20)17-7-9-3-2-6-16-9;/h1,4-5,9,16H,2-3,6-8H2,(H,17,20)(H,18,21);1H. The monoisotopic (exact) mass is 376 g/mol. The van der Waals surface area contributed by atoms with E-state index in [4.69, 9.17) is 11.6 Å². The van der Waals surface area contributed by atoms with E-state index in [1.54, 1.807) is 0 Å². The molecule has 0 aliphatic carbocycles. The Labute approximate surface area is 149 Å². The van der Waals surface area contributed by atoms with E-state index < -0.39 is 16.5 Å². The highest BCUT2D eigenvalue weighted by Crippen LogP contribution is 2.25. The van der Waals surface area contributed by atoms with Gasteiger partial charge in [-0.3, -0.25) is 19.7 Å². The molecular weight excluding hydrogens is 359 g/mol. The summed E-state index contributed by atoms with van der Waals surface area (Å²) in [6, 6.07) is 4.21. The molecule has 0 bridgehead atoms. The van der Waals surface area contributed by atoms with Crippen LogP contribution < -0.4 is 16.0 Å². The van der Waals surface area contributed by atoms with E-state index in [2.05, 4.69) is 16.0 Å². The molecule has 0 spiro atoms. The lowest BCUT2D eigenvalue weighted by Gasteiger charge is -2.12. The maximum Gasteiger partial charge on any atom is 0.283 e. The van der Waals surface area contributed by atoms with Crippen LogP contribution in [-0.2, 0) is 4.79 Å². The summed E-state index contributed by atoms with van der Waals surface area (Å²) in [7, 11) is 0. The highest BCUT2D eigenvalue weighted by atomic mass is 35.5. The van der Waals surface area contributed by atoms with Gasteiger partial charge in [-0.1, -0.05) is 17.7 Å². The van der Waals surface area contributed by atoms with Gasteiger partial charge >= 0.3 is 0 Å². The molecule has 10 heteroatoms. The molecule has 2 amide bonds. The van der Waals surface area contributed by atoms with Gasteiger partial charge in [0.1, 0.15) is 5.56 Å².